The zero-order valence-electron chi connectivity index (χ0n) is 22.5. The van der Waals surface area contributed by atoms with Crippen LogP contribution in [0, 0.1) is 5.82 Å². The smallest absolute Gasteiger partial charge is 0.410 e. The Labute approximate surface area is 226 Å². The molecular formula is C26H35ClF2N6O3. The zero-order valence-corrected chi connectivity index (χ0v) is 23.3. The van der Waals surface area contributed by atoms with Gasteiger partial charge in [0.05, 0.1) is 10.9 Å². The fraction of sp³-hybridized carbons (Fsp3) is 0.692. The first-order valence-corrected chi connectivity index (χ1v) is 13.5. The highest BCUT2D eigenvalue weighted by Crippen LogP contribution is 2.41. The van der Waals surface area contributed by atoms with Gasteiger partial charge in [-0.15, -0.1) is 0 Å². The average Bonchev–Trinajstić information content (AvgIpc) is 3.50. The molecule has 0 aromatic carbocycles. The number of fused-ring (bicyclic) bond motifs is 2. The van der Waals surface area contributed by atoms with Crippen molar-refractivity contribution in [1.82, 2.24) is 24.8 Å². The first kappa shape index (κ1) is 27.1. The van der Waals surface area contributed by atoms with Crippen molar-refractivity contribution >= 4 is 34.4 Å². The van der Waals surface area contributed by atoms with E-state index in [0.717, 1.165) is 19.4 Å². The van der Waals surface area contributed by atoms with Gasteiger partial charge in [-0.3, -0.25) is 4.90 Å². The van der Waals surface area contributed by atoms with Crippen molar-refractivity contribution in [2.45, 2.75) is 82.8 Å². The van der Waals surface area contributed by atoms with E-state index in [0.29, 0.717) is 37.1 Å². The highest BCUT2D eigenvalue weighted by Gasteiger charge is 2.49. The Morgan fingerprint density at radius 3 is 2.82 bits per heavy atom. The molecule has 9 nitrogen and oxygen atoms in total. The number of rotatable bonds is 5. The van der Waals surface area contributed by atoms with Gasteiger partial charge < -0.3 is 19.3 Å². The minimum Gasteiger partial charge on any atom is -0.461 e. The summed E-state index contributed by atoms with van der Waals surface area (Å²) >= 11 is 5.99. The molecule has 0 bridgehead atoms. The molecule has 3 fully saturated rings. The van der Waals surface area contributed by atoms with Gasteiger partial charge in [-0.25, -0.2) is 18.6 Å². The summed E-state index contributed by atoms with van der Waals surface area (Å²) in [5.74, 6) is -0.335. The summed E-state index contributed by atoms with van der Waals surface area (Å²) in [4.78, 5) is 31.5. The predicted octanol–water partition coefficient (Wildman–Crippen LogP) is 4.61. The molecule has 0 unspecified atom stereocenters. The van der Waals surface area contributed by atoms with Crippen molar-refractivity contribution < 1.29 is 23.0 Å². The van der Waals surface area contributed by atoms with E-state index in [-0.39, 0.29) is 41.5 Å². The van der Waals surface area contributed by atoms with Crippen molar-refractivity contribution in [3.8, 4) is 6.01 Å². The topological polar surface area (TPSA) is 83.9 Å². The molecule has 2 aromatic heterocycles. The molecule has 0 spiro atoms. The van der Waals surface area contributed by atoms with E-state index >= 15 is 4.39 Å². The van der Waals surface area contributed by atoms with Crippen LogP contribution in [0.4, 0.5) is 19.4 Å². The number of likely N-dealkylation sites (tertiary alicyclic amines) is 1. The highest BCUT2D eigenvalue weighted by molar-refractivity contribution is 6.30. The zero-order chi connectivity index (χ0) is 27.4. The molecule has 4 atom stereocenters. The van der Waals surface area contributed by atoms with E-state index in [1.807, 2.05) is 39.6 Å². The molecule has 38 heavy (non-hydrogen) atoms. The fourth-order valence-corrected chi connectivity index (χ4v) is 6.15. The van der Waals surface area contributed by atoms with Crippen molar-refractivity contribution in [3.05, 3.63) is 17.2 Å². The lowest BCUT2D eigenvalue weighted by Crippen LogP contribution is -2.43. The lowest BCUT2D eigenvalue weighted by molar-refractivity contribution is 0.0237. The molecule has 5 heterocycles. The maximum Gasteiger partial charge on any atom is 0.410 e. The van der Waals surface area contributed by atoms with Gasteiger partial charge >= 0.3 is 12.1 Å². The molecule has 208 valence electrons. The van der Waals surface area contributed by atoms with Crippen LogP contribution >= 0.6 is 11.6 Å². The summed E-state index contributed by atoms with van der Waals surface area (Å²) in [5, 5.41) is 0.0911. The number of hydrogen-bond acceptors (Lipinski definition) is 8. The van der Waals surface area contributed by atoms with Crippen LogP contribution < -0.4 is 9.64 Å². The molecule has 0 aliphatic carbocycles. The Morgan fingerprint density at radius 1 is 1.32 bits per heavy atom. The number of carbonyl (C=O) groups is 1. The van der Waals surface area contributed by atoms with Crippen LogP contribution in [0.5, 0.6) is 6.01 Å². The third kappa shape index (κ3) is 5.06. The van der Waals surface area contributed by atoms with Gasteiger partial charge in [-0.1, -0.05) is 11.6 Å². The molecular weight excluding hydrogens is 518 g/mol. The van der Waals surface area contributed by atoms with E-state index in [1.54, 1.807) is 4.90 Å². The Balaban J connectivity index is 1.43. The van der Waals surface area contributed by atoms with Gasteiger partial charge in [-0.05, 0) is 53.5 Å². The minimum atomic E-state index is -0.891. The second kappa shape index (κ2) is 9.89. The lowest BCUT2D eigenvalue weighted by atomic mass is 9.95. The summed E-state index contributed by atoms with van der Waals surface area (Å²) in [7, 11) is 1.84. The number of anilines is 1. The maximum atomic E-state index is 15.1. The number of halogens is 3. The van der Waals surface area contributed by atoms with Crippen LogP contribution in [0.2, 0.25) is 5.15 Å². The second-order valence-corrected chi connectivity index (χ2v) is 12.2. The van der Waals surface area contributed by atoms with Gasteiger partial charge in [0.2, 0.25) is 0 Å². The fourth-order valence-electron chi connectivity index (χ4n) is 6.01. The Bertz CT molecular complexity index is 1230. The number of likely N-dealkylation sites (N-methyl/N-ethyl adjacent to an activating group) is 1. The number of aromatic nitrogens is 3. The van der Waals surface area contributed by atoms with Gasteiger partial charge in [-0.2, -0.15) is 9.97 Å². The van der Waals surface area contributed by atoms with E-state index in [4.69, 9.17) is 21.1 Å². The second-order valence-electron chi connectivity index (χ2n) is 11.8. The maximum absolute atomic E-state index is 15.1. The molecule has 12 heteroatoms. The summed E-state index contributed by atoms with van der Waals surface area (Å²) < 4.78 is 41.0. The average molecular weight is 553 g/mol. The number of nitrogens with zero attached hydrogens (tertiary/aromatic N) is 6. The molecule has 0 radical (unpaired) electrons. The van der Waals surface area contributed by atoms with Crippen molar-refractivity contribution in [1.29, 1.82) is 0 Å². The number of pyridine rings is 1. The number of amides is 1. The number of hydrogen-bond donors (Lipinski definition) is 0. The molecule has 3 aliphatic rings. The van der Waals surface area contributed by atoms with E-state index in [1.165, 1.54) is 6.20 Å². The third-order valence-corrected chi connectivity index (χ3v) is 8.16. The third-order valence-electron chi connectivity index (χ3n) is 7.89. The van der Waals surface area contributed by atoms with E-state index < -0.39 is 23.1 Å². The summed E-state index contributed by atoms with van der Waals surface area (Å²) in [6.45, 7) is 9.33. The van der Waals surface area contributed by atoms with Crippen LogP contribution in [0.3, 0.4) is 0 Å². The number of ether oxygens (including phenoxy) is 2. The lowest BCUT2D eigenvalue weighted by Gasteiger charge is -2.31. The van der Waals surface area contributed by atoms with Crippen LogP contribution in [0.1, 0.15) is 53.4 Å². The van der Waals surface area contributed by atoms with Gasteiger partial charge in [0, 0.05) is 44.8 Å². The van der Waals surface area contributed by atoms with Crippen LogP contribution in [-0.2, 0) is 4.74 Å². The van der Waals surface area contributed by atoms with Crippen LogP contribution in [0.25, 0.3) is 10.9 Å². The summed E-state index contributed by atoms with van der Waals surface area (Å²) in [6.07, 6.45) is 3.06. The number of carbonyl (C=O) groups excluding carboxylic acids is 1. The molecule has 3 aliphatic heterocycles. The molecule has 5 rings (SSSR count). The molecule has 1 amide bonds. The Hall–Kier alpha value is -2.53. The van der Waals surface area contributed by atoms with Crippen LogP contribution in [0.15, 0.2) is 6.20 Å². The minimum absolute atomic E-state index is 0.000839. The Kier molecular flexibility index (Phi) is 7.04. The van der Waals surface area contributed by atoms with E-state index in [2.05, 4.69) is 19.9 Å². The molecule has 3 saturated heterocycles. The first-order valence-electron chi connectivity index (χ1n) is 13.1. The normalized spacial score (nSPS) is 27.7. The molecule has 0 saturated carbocycles. The highest BCUT2D eigenvalue weighted by atomic mass is 35.5. The quantitative estimate of drug-likeness (QED) is 0.497. The first-order chi connectivity index (χ1) is 17.9. The van der Waals surface area contributed by atoms with Crippen molar-refractivity contribution in [2.75, 3.05) is 38.2 Å². The van der Waals surface area contributed by atoms with Gasteiger partial charge in [0.15, 0.2) is 11.0 Å². The van der Waals surface area contributed by atoms with E-state index in [9.17, 15) is 9.18 Å². The number of alkyl halides is 1. The van der Waals surface area contributed by atoms with Crippen molar-refractivity contribution in [2.24, 2.45) is 0 Å². The molecule has 0 N–H and O–H groups in total. The monoisotopic (exact) mass is 552 g/mol. The van der Waals surface area contributed by atoms with Crippen LogP contribution in [-0.4, -0.2) is 93.5 Å². The largest absolute Gasteiger partial charge is 0.461 e. The van der Waals surface area contributed by atoms with Gasteiger partial charge in [0.1, 0.15) is 29.7 Å². The predicted molar refractivity (Wildman–Crippen MR) is 140 cm³/mol. The Morgan fingerprint density at radius 2 is 2.08 bits per heavy atom. The SMILES string of the molecule is C[C@H]1C[C@@H](N(C)c2nc(OC[C@@]34CCCN3C[C@H](F)C4)nc3c(F)c(Cl)ncc23)CN1C(=O)OC(C)(C)C. The summed E-state index contributed by atoms with van der Waals surface area (Å²) in [6, 6.07) is -0.179. The summed E-state index contributed by atoms with van der Waals surface area (Å²) in [5.41, 5.74) is -0.996. The van der Waals surface area contributed by atoms with Gasteiger partial charge in [0.25, 0.3) is 0 Å². The molecule has 2 aromatic rings. The standard InChI is InChI=1S/C26H35ClF2N6O3/c1-15-9-17(13-35(15)24(36)38-25(2,3)4)33(5)22-18-11-30-21(27)19(29)20(18)31-23(32-22)37-14-26-7-6-8-34(26)12-16(28)10-26/h11,15-17H,6-10,12-14H2,1-5H3/t15-,16+,17+,26-/m0/s1. The van der Waals surface area contributed by atoms with Crippen molar-refractivity contribution in [3.63, 3.8) is 0 Å².